The number of para-hydroxylation sites is 5. The van der Waals surface area contributed by atoms with Crippen LogP contribution in [0.15, 0.2) is 223 Å². The molecule has 14 rings (SSSR count). The van der Waals surface area contributed by atoms with Crippen molar-refractivity contribution < 1.29 is 4.42 Å². The average molecular weight is 841 g/mol. The number of hydrogen-bond acceptors (Lipinski definition) is 2. The predicted octanol–water partition coefficient (Wildman–Crippen LogP) is 16.1. The highest BCUT2D eigenvalue weighted by molar-refractivity contribution is 6.21. The van der Waals surface area contributed by atoms with Crippen molar-refractivity contribution in [2.45, 2.75) is 0 Å². The second kappa shape index (κ2) is 13.9. The number of fused-ring (bicyclic) bond motifs is 12. The lowest BCUT2D eigenvalue weighted by atomic mass is 10.0. The van der Waals surface area contributed by atoms with Crippen molar-refractivity contribution in [3.8, 4) is 45.4 Å². The second-order valence-corrected chi connectivity index (χ2v) is 17.1. The molecule has 0 radical (unpaired) electrons. The number of nitriles is 1. The summed E-state index contributed by atoms with van der Waals surface area (Å²) >= 11 is 0. The molecule has 0 aliphatic heterocycles. The Morgan fingerprint density at radius 1 is 0.318 bits per heavy atom. The number of aromatic nitrogens is 3. The molecule has 0 spiro atoms. The number of rotatable bonds is 5. The maximum absolute atomic E-state index is 12.2. The first-order valence-electron chi connectivity index (χ1n) is 22.3. The Morgan fingerprint density at radius 2 is 0.697 bits per heavy atom. The minimum atomic E-state index is 0.541. The highest BCUT2D eigenvalue weighted by Crippen LogP contribution is 2.50. The zero-order valence-electron chi connectivity index (χ0n) is 35.5. The number of furan rings is 1. The minimum absolute atomic E-state index is 0.541. The molecule has 0 aliphatic rings. The monoisotopic (exact) mass is 840 g/mol. The van der Waals surface area contributed by atoms with Gasteiger partial charge in [-0.1, -0.05) is 164 Å². The van der Waals surface area contributed by atoms with Gasteiger partial charge in [-0.2, -0.15) is 5.26 Å². The first kappa shape index (κ1) is 36.4. The lowest BCUT2D eigenvalue weighted by Gasteiger charge is -2.22. The van der Waals surface area contributed by atoms with E-state index in [4.69, 9.17) is 4.42 Å². The lowest BCUT2D eigenvalue weighted by molar-refractivity contribution is 0.666. The third-order valence-electron chi connectivity index (χ3n) is 13.7. The van der Waals surface area contributed by atoms with Crippen LogP contribution in [0.5, 0.6) is 0 Å². The van der Waals surface area contributed by atoms with Crippen LogP contribution in [0.2, 0.25) is 0 Å². The summed E-state index contributed by atoms with van der Waals surface area (Å²) in [6.07, 6.45) is 0. The molecule has 4 aromatic heterocycles. The van der Waals surface area contributed by atoms with Crippen LogP contribution in [0, 0.1) is 11.3 Å². The zero-order chi connectivity index (χ0) is 43.5. The fourth-order valence-electron chi connectivity index (χ4n) is 10.9. The van der Waals surface area contributed by atoms with Gasteiger partial charge in [-0.25, -0.2) is 0 Å². The van der Waals surface area contributed by atoms with Crippen molar-refractivity contribution in [1.82, 2.24) is 13.7 Å². The third-order valence-corrected chi connectivity index (χ3v) is 13.7. The Bertz CT molecular complexity index is 4140. The Kier molecular flexibility index (Phi) is 7.69. The SMILES string of the molecule is N#Cc1c(-n2c3ccccc3c3ccccc32)c(-n2c3ccc(-c4ccccc4)cc3c3cc(-c4ccccc4)ccc32)c2oc3ccccc3c2c1-n1c2ccccc2c2ccccc21. The summed E-state index contributed by atoms with van der Waals surface area (Å²) in [5, 5.41) is 20.7. The van der Waals surface area contributed by atoms with Crippen LogP contribution in [0.4, 0.5) is 0 Å². The van der Waals surface area contributed by atoms with Crippen LogP contribution < -0.4 is 0 Å². The predicted molar refractivity (Wildman–Crippen MR) is 272 cm³/mol. The van der Waals surface area contributed by atoms with Gasteiger partial charge in [-0.3, -0.25) is 0 Å². The van der Waals surface area contributed by atoms with Gasteiger partial charge in [-0.05, 0) is 76.9 Å². The van der Waals surface area contributed by atoms with Gasteiger partial charge in [0.15, 0.2) is 5.58 Å². The Balaban J connectivity index is 1.25. The molecule has 0 unspecified atom stereocenters. The topological polar surface area (TPSA) is 51.7 Å². The van der Waals surface area contributed by atoms with Gasteiger partial charge in [0.05, 0.1) is 49.9 Å². The summed E-state index contributed by atoms with van der Waals surface area (Å²) in [5.41, 5.74) is 14.9. The fraction of sp³-hybridized carbons (Fsp3) is 0. The first-order chi connectivity index (χ1) is 32.7. The van der Waals surface area contributed by atoms with Crippen LogP contribution >= 0.6 is 0 Å². The third kappa shape index (κ3) is 5.04. The van der Waals surface area contributed by atoms with E-state index in [2.05, 4.69) is 226 Å². The Labute approximate surface area is 378 Å². The quantitative estimate of drug-likeness (QED) is 0.173. The maximum atomic E-state index is 12.2. The van der Waals surface area contributed by atoms with Gasteiger partial charge in [-0.15, -0.1) is 0 Å². The molecular weight excluding hydrogens is 805 g/mol. The van der Waals surface area contributed by atoms with Crippen LogP contribution in [0.1, 0.15) is 5.56 Å². The van der Waals surface area contributed by atoms with E-state index in [1.807, 2.05) is 12.1 Å². The van der Waals surface area contributed by atoms with Crippen molar-refractivity contribution in [3.63, 3.8) is 0 Å². The largest absolute Gasteiger partial charge is 0.454 e. The molecule has 5 heteroatoms. The van der Waals surface area contributed by atoms with E-state index in [0.717, 1.165) is 121 Å². The van der Waals surface area contributed by atoms with Crippen molar-refractivity contribution in [2.75, 3.05) is 0 Å². The van der Waals surface area contributed by atoms with Crippen LogP contribution in [0.25, 0.3) is 127 Å². The zero-order valence-corrected chi connectivity index (χ0v) is 35.5. The normalized spacial score (nSPS) is 11.9. The van der Waals surface area contributed by atoms with Crippen LogP contribution in [0.3, 0.4) is 0 Å². The van der Waals surface area contributed by atoms with Gasteiger partial charge in [0.1, 0.15) is 22.9 Å². The molecule has 0 saturated heterocycles. The molecular formula is C61H36N4O. The standard InChI is InChI=1S/C61H36N4O/c62-37-49-58(63-50-26-12-7-21-42(50)43-22-8-13-27-51(43)63)57-46-25-11-16-30-56(46)66-61(57)60(59(49)64-52-28-14-9-23-44(52)45-24-10-15-29-53(45)64)65-54-33-31-40(38-17-3-1-4-18-38)35-47(54)48-36-41(32-34-55(48)65)39-19-5-2-6-20-39/h1-36H. The molecule has 14 aromatic rings. The number of nitrogens with zero attached hydrogens (tertiary/aromatic N) is 4. The highest BCUT2D eigenvalue weighted by Gasteiger charge is 2.32. The molecule has 0 aliphatic carbocycles. The van der Waals surface area contributed by atoms with Gasteiger partial charge in [0, 0.05) is 37.7 Å². The van der Waals surface area contributed by atoms with E-state index in [0.29, 0.717) is 11.1 Å². The van der Waals surface area contributed by atoms with E-state index in [-0.39, 0.29) is 0 Å². The van der Waals surface area contributed by atoms with Gasteiger partial charge in [0.2, 0.25) is 0 Å². The highest BCUT2D eigenvalue weighted by atomic mass is 16.3. The van der Waals surface area contributed by atoms with Gasteiger partial charge >= 0.3 is 0 Å². The molecule has 4 heterocycles. The summed E-state index contributed by atoms with van der Waals surface area (Å²) in [4.78, 5) is 0. The molecule has 0 N–H and O–H groups in total. The minimum Gasteiger partial charge on any atom is -0.454 e. The lowest BCUT2D eigenvalue weighted by Crippen LogP contribution is -2.10. The molecule has 10 aromatic carbocycles. The molecule has 0 saturated carbocycles. The Hall–Kier alpha value is -9.11. The maximum Gasteiger partial charge on any atom is 0.163 e. The summed E-state index contributed by atoms with van der Waals surface area (Å²) in [6, 6.07) is 80.1. The van der Waals surface area contributed by atoms with E-state index < -0.39 is 0 Å². The smallest absolute Gasteiger partial charge is 0.163 e. The molecule has 0 atom stereocenters. The summed E-state index contributed by atoms with van der Waals surface area (Å²) < 4.78 is 14.3. The van der Waals surface area contributed by atoms with Gasteiger partial charge in [0.25, 0.3) is 0 Å². The van der Waals surface area contributed by atoms with Crippen molar-refractivity contribution >= 4 is 87.4 Å². The average Bonchev–Trinajstić information content (AvgIpc) is 4.13. The van der Waals surface area contributed by atoms with Crippen LogP contribution in [-0.2, 0) is 0 Å². The molecule has 0 fully saturated rings. The van der Waals surface area contributed by atoms with E-state index >= 15 is 0 Å². The van der Waals surface area contributed by atoms with Gasteiger partial charge < -0.3 is 18.1 Å². The van der Waals surface area contributed by atoms with E-state index in [9.17, 15) is 5.26 Å². The summed E-state index contributed by atoms with van der Waals surface area (Å²) in [7, 11) is 0. The van der Waals surface area contributed by atoms with E-state index in [1.165, 1.54) is 0 Å². The number of hydrogen-bond donors (Lipinski definition) is 0. The Morgan fingerprint density at radius 3 is 1.17 bits per heavy atom. The summed E-state index contributed by atoms with van der Waals surface area (Å²) in [6.45, 7) is 0. The molecule has 0 amide bonds. The molecule has 0 bridgehead atoms. The molecule has 66 heavy (non-hydrogen) atoms. The van der Waals surface area contributed by atoms with Crippen molar-refractivity contribution in [2.24, 2.45) is 0 Å². The first-order valence-corrected chi connectivity index (χ1v) is 22.3. The molecule has 5 nitrogen and oxygen atoms in total. The summed E-state index contributed by atoms with van der Waals surface area (Å²) in [5.74, 6) is 0. The van der Waals surface area contributed by atoms with Crippen molar-refractivity contribution in [3.05, 3.63) is 224 Å². The van der Waals surface area contributed by atoms with Crippen molar-refractivity contribution in [1.29, 1.82) is 5.26 Å². The number of benzene rings is 10. The second-order valence-electron chi connectivity index (χ2n) is 17.1. The van der Waals surface area contributed by atoms with E-state index in [1.54, 1.807) is 0 Å². The fourth-order valence-corrected chi connectivity index (χ4v) is 10.9. The van der Waals surface area contributed by atoms with Crippen LogP contribution in [-0.4, -0.2) is 13.7 Å². The molecule has 306 valence electrons.